The number of anilines is 1. The second-order valence-corrected chi connectivity index (χ2v) is 3.58. The summed E-state index contributed by atoms with van der Waals surface area (Å²) in [5, 5.41) is 11.4. The summed E-state index contributed by atoms with van der Waals surface area (Å²) in [5.41, 5.74) is -0.118. The molecular weight excluding hydrogens is 274 g/mol. The third-order valence-corrected chi connectivity index (χ3v) is 2.09. The van der Waals surface area contributed by atoms with Gasteiger partial charge in [0.05, 0.1) is 7.11 Å². The van der Waals surface area contributed by atoms with E-state index < -0.39 is 5.97 Å². The molecule has 0 bridgehead atoms. The van der Waals surface area contributed by atoms with Gasteiger partial charge in [0.25, 0.3) is 0 Å². The molecule has 0 fully saturated rings. The molecule has 0 saturated carbocycles. The van der Waals surface area contributed by atoms with E-state index in [1.807, 2.05) is 0 Å². The van der Waals surface area contributed by atoms with E-state index in [2.05, 4.69) is 31.0 Å². The van der Waals surface area contributed by atoms with Gasteiger partial charge in [0.15, 0.2) is 5.57 Å². The van der Waals surface area contributed by atoms with Gasteiger partial charge in [-0.2, -0.15) is 5.26 Å². The fourth-order valence-corrected chi connectivity index (χ4v) is 1.09. The lowest BCUT2D eigenvalue weighted by Gasteiger charge is -2.00. The predicted octanol–water partition coefficient (Wildman–Crippen LogP) is 1.84. The molecule has 1 rings (SSSR count). The van der Waals surface area contributed by atoms with E-state index >= 15 is 0 Å². The highest BCUT2D eigenvalue weighted by Crippen LogP contribution is 2.10. The van der Waals surface area contributed by atoms with E-state index in [0.717, 1.165) is 4.47 Å². The molecule has 0 aliphatic carbocycles. The van der Waals surface area contributed by atoms with E-state index in [-0.39, 0.29) is 5.57 Å². The monoisotopic (exact) mass is 281 g/mol. The van der Waals surface area contributed by atoms with Crippen molar-refractivity contribution >= 4 is 27.7 Å². The van der Waals surface area contributed by atoms with Crippen molar-refractivity contribution in [1.29, 1.82) is 5.26 Å². The minimum Gasteiger partial charge on any atom is -0.465 e. The number of aromatic nitrogens is 1. The molecule has 0 unspecified atom stereocenters. The van der Waals surface area contributed by atoms with Crippen LogP contribution in [0.2, 0.25) is 0 Å². The molecule has 0 atom stereocenters. The number of ether oxygens (including phenoxy) is 1. The van der Waals surface area contributed by atoms with Crippen LogP contribution in [-0.2, 0) is 9.53 Å². The lowest BCUT2D eigenvalue weighted by atomic mass is 10.3. The zero-order valence-corrected chi connectivity index (χ0v) is 9.98. The van der Waals surface area contributed by atoms with Crippen molar-refractivity contribution < 1.29 is 9.53 Å². The predicted molar refractivity (Wildman–Crippen MR) is 61.3 cm³/mol. The lowest BCUT2D eigenvalue weighted by molar-refractivity contribution is -0.135. The molecule has 0 radical (unpaired) electrons. The Morgan fingerprint density at radius 3 is 2.94 bits per heavy atom. The number of hydrogen-bond acceptors (Lipinski definition) is 5. The van der Waals surface area contributed by atoms with Crippen LogP contribution in [0.3, 0.4) is 0 Å². The Hall–Kier alpha value is -1.87. The summed E-state index contributed by atoms with van der Waals surface area (Å²) in [6.45, 7) is 0. The first-order chi connectivity index (χ1) is 7.67. The molecule has 0 aromatic carbocycles. The minimum atomic E-state index is -0.688. The summed E-state index contributed by atoms with van der Waals surface area (Å²) in [5.74, 6) is -0.160. The first kappa shape index (κ1) is 12.2. The number of halogens is 1. The van der Waals surface area contributed by atoms with Crippen molar-refractivity contribution in [2.45, 2.75) is 0 Å². The average Bonchev–Trinajstić information content (AvgIpc) is 2.31. The Morgan fingerprint density at radius 2 is 2.44 bits per heavy atom. The third-order valence-electron chi connectivity index (χ3n) is 1.62. The largest absolute Gasteiger partial charge is 0.465 e. The Labute approximate surface area is 101 Å². The summed E-state index contributed by atoms with van der Waals surface area (Å²) in [6, 6.07) is 5.21. The molecule has 1 heterocycles. The van der Waals surface area contributed by atoms with Crippen LogP contribution in [-0.4, -0.2) is 18.1 Å². The van der Waals surface area contributed by atoms with Crippen LogP contribution in [0.1, 0.15) is 0 Å². The van der Waals surface area contributed by atoms with Gasteiger partial charge in [0.2, 0.25) is 0 Å². The number of nitrogens with one attached hydrogen (secondary N) is 1. The highest BCUT2D eigenvalue weighted by Gasteiger charge is 2.07. The summed E-state index contributed by atoms with van der Waals surface area (Å²) in [4.78, 5) is 15.0. The molecule has 6 heteroatoms. The number of esters is 1. The SMILES string of the molecule is COC(=O)/C(C#N)=C/Nc1ccc(Br)cn1. The van der Waals surface area contributed by atoms with E-state index in [4.69, 9.17) is 5.26 Å². The zero-order valence-electron chi connectivity index (χ0n) is 8.40. The molecule has 0 amide bonds. The highest BCUT2D eigenvalue weighted by atomic mass is 79.9. The van der Waals surface area contributed by atoms with Gasteiger partial charge in [-0.25, -0.2) is 9.78 Å². The molecule has 1 aromatic rings. The standard InChI is InChI=1S/C10H8BrN3O2/c1-16-10(15)7(4-12)5-13-9-3-2-8(11)6-14-9/h2-3,5-6H,1H3,(H,13,14)/b7-5+. The van der Waals surface area contributed by atoms with Gasteiger partial charge >= 0.3 is 5.97 Å². The normalized spacial score (nSPS) is 10.4. The van der Waals surface area contributed by atoms with Crippen LogP contribution in [0.25, 0.3) is 0 Å². The van der Waals surface area contributed by atoms with Gasteiger partial charge in [-0.05, 0) is 28.1 Å². The first-order valence-electron chi connectivity index (χ1n) is 4.24. The van der Waals surface area contributed by atoms with Gasteiger partial charge in [-0.3, -0.25) is 0 Å². The van der Waals surface area contributed by atoms with Crippen molar-refractivity contribution in [3.05, 3.63) is 34.6 Å². The quantitative estimate of drug-likeness (QED) is 0.520. The third kappa shape index (κ3) is 3.37. The molecule has 0 aliphatic rings. The summed E-state index contributed by atoms with van der Waals surface area (Å²) >= 11 is 3.24. The maximum atomic E-state index is 11.0. The van der Waals surface area contributed by atoms with Crippen LogP contribution >= 0.6 is 15.9 Å². The van der Waals surface area contributed by atoms with Crippen LogP contribution < -0.4 is 5.32 Å². The van der Waals surface area contributed by atoms with E-state index in [1.165, 1.54) is 13.3 Å². The van der Waals surface area contributed by atoms with Crippen molar-refractivity contribution in [2.24, 2.45) is 0 Å². The number of carbonyl (C=O) groups excluding carboxylic acids is 1. The average molecular weight is 282 g/mol. The summed E-state index contributed by atoms with van der Waals surface area (Å²) in [7, 11) is 1.21. The number of methoxy groups -OCH3 is 1. The molecule has 0 aliphatic heterocycles. The first-order valence-corrected chi connectivity index (χ1v) is 5.03. The van der Waals surface area contributed by atoms with Crippen LogP contribution in [0.15, 0.2) is 34.6 Å². The molecule has 1 N–H and O–H groups in total. The van der Waals surface area contributed by atoms with E-state index in [1.54, 1.807) is 24.4 Å². The van der Waals surface area contributed by atoms with Crippen molar-refractivity contribution in [1.82, 2.24) is 4.98 Å². The van der Waals surface area contributed by atoms with Crippen LogP contribution in [0.5, 0.6) is 0 Å². The second kappa shape index (κ2) is 5.88. The second-order valence-electron chi connectivity index (χ2n) is 2.67. The van der Waals surface area contributed by atoms with Crippen LogP contribution in [0.4, 0.5) is 5.82 Å². The highest BCUT2D eigenvalue weighted by molar-refractivity contribution is 9.10. The van der Waals surface area contributed by atoms with Gasteiger partial charge in [0.1, 0.15) is 11.9 Å². The minimum absolute atomic E-state index is 0.118. The summed E-state index contributed by atoms with van der Waals surface area (Å²) in [6.07, 6.45) is 2.85. The Bertz CT molecular complexity index is 448. The lowest BCUT2D eigenvalue weighted by Crippen LogP contribution is -2.05. The zero-order chi connectivity index (χ0) is 12.0. The van der Waals surface area contributed by atoms with Gasteiger partial charge in [-0.15, -0.1) is 0 Å². The number of nitriles is 1. The number of nitrogens with zero attached hydrogens (tertiary/aromatic N) is 2. The Kier molecular flexibility index (Phi) is 4.48. The topological polar surface area (TPSA) is 75.0 Å². The fraction of sp³-hybridized carbons (Fsp3) is 0.100. The molecule has 0 spiro atoms. The molecule has 1 aromatic heterocycles. The number of hydrogen-bond donors (Lipinski definition) is 1. The number of carbonyl (C=O) groups is 1. The van der Waals surface area contributed by atoms with Gasteiger partial charge in [-0.1, -0.05) is 0 Å². The molecule has 0 saturated heterocycles. The van der Waals surface area contributed by atoms with E-state index in [9.17, 15) is 4.79 Å². The molecule has 16 heavy (non-hydrogen) atoms. The van der Waals surface area contributed by atoms with Crippen LogP contribution in [0, 0.1) is 11.3 Å². The Balaban J connectivity index is 2.75. The smallest absolute Gasteiger partial charge is 0.350 e. The van der Waals surface area contributed by atoms with Crippen molar-refractivity contribution in [3.8, 4) is 6.07 Å². The maximum Gasteiger partial charge on any atom is 0.350 e. The Morgan fingerprint density at radius 1 is 1.69 bits per heavy atom. The molecule has 5 nitrogen and oxygen atoms in total. The van der Waals surface area contributed by atoms with Gasteiger partial charge in [0, 0.05) is 16.9 Å². The number of rotatable bonds is 3. The fourth-order valence-electron chi connectivity index (χ4n) is 0.854. The maximum absolute atomic E-state index is 11.0. The van der Waals surface area contributed by atoms with E-state index in [0.29, 0.717) is 5.82 Å². The summed E-state index contributed by atoms with van der Waals surface area (Å²) < 4.78 is 5.26. The molecular formula is C10H8BrN3O2. The number of pyridine rings is 1. The molecule has 82 valence electrons. The van der Waals surface area contributed by atoms with Crippen molar-refractivity contribution in [2.75, 3.05) is 12.4 Å². The van der Waals surface area contributed by atoms with Gasteiger partial charge < -0.3 is 10.1 Å². The van der Waals surface area contributed by atoms with Crippen molar-refractivity contribution in [3.63, 3.8) is 0 Å².